The quantitative estimate of drug-likeness (QED) is 0.341. The minimum Gasteiger partial charge on any atom is -0.508 e. The predicted octanol–water partition coefficient (Wildman–Crippen LogP) is 6.58. The van der Waals surface area contributed by atoms with Crippen molar-refractivity contribution < 1.29 is 5.11 Å². The van der Waals surface area contributed by atoms with Gasteiger partial charge in [0, 0.05) is 0 Å². The fraction of sp³-hybridized carbons (Fsp3) is 0.524. The Morgan fingerprint density at radius 1 is 0.818 bits per heavy atom. The van der Waals surface area contributed by atoms with Gasteiger partial charge in [-0.3, -0.25) is 0 Å². The summed E-state index contributed by atoms with van der Waals surface area (Å²) in [7, 11) is 0. The lowest BCUT2D eigenvalue weighted by Crippen LogP contribution is -1.81. The molecule has 0 atom stereocenters. The number of allylic oxidation sites excluding steroid dienone is 4. The van der Waals surface area contributed by atoms with E-state index in [4.69, 9.17) is 0 Å². The van der Waals surface area contributed by atoms with Crippen LogP contribution in [0.25, 0.3) is 0 Å². The monoisotopic (exact) mass is 300 g/mol. The summed E-state index contributed by atoms with van der Waals surface area (Å²) in [6.07, 6.45) is 21.8. The lowest BCUT2D eigenvalue weighted by molar-refractivity contribution is 0.474. The second-order valence-electron chi connectivity index (χ2n) is 5.97. The highest BCUT2D eigenvalue weighted by atomic mass is 16.3. The normalized spacial score (nSPS) is 11.7. The topological polar surface area (TPSA) is 20.2 Å². The van der Waals surface area contributed by atoms with Gasteiger partial charge >= 0.3 is 0 Å². The SMILES string of the molecule is C/C=C/CCCCCCCCC/C=C/Cc1cccc(O)c1. The summed E-state index contributed by atoms with van der Waals surface area (Å²) in [6, 6.07) is 7.51. The highest BCUT2D eigenvalue weighted by molar-refractivity contribution is 5.28. The van der Waals surface area contributed by atoms with Gasteiger partial charge in [-0.1, -0.05) is 68.5 Å². The Morgan fingerprint density at radius 3 is 2.09 bits per heavy atom. The molecule has 22 heavy (non-hydrogen) atoms. The lowest BCUT2D eigenvalue weighted by Gasteiger charge is -2.00. The number of hydrogen-bond donors (Lipinski definition) is 1. The van der Waals surface area contributed by atoms with Crippen LogP contribution in [0.2, 0.25) is 0 Å². The molecule has 0 saturated carbocycles. The number of rotatable bonds is 12. The second kappa shape index (κ2) is 13.2. The van der Waals surface area contributed by atoms with E-state index in [-0.39, 0.29) is 0 Å². The molecule has 0 aliphatic rings. The molecule has 1 nitrogen and oxygen atoms in total. The standard InChI is InChI=1S/C21H32O/c1-2-3-4-5-6-7-8-9-10-11-12-13-14-16-20-17-15-18-21(22)19-20/h2-3,13-15,17-19,22H,4-12,16H2,1H3/b3-2+,14-13+. The summed E-state index contributed by atoms with van der Waals surface area (Å²) in [5.74, 6) is 0.358. The first-order chi connectivity index (χ1) is 10.8. The fourth-order valence-electron chi connectivity index (χ4n) is 2.60. The van der Waals surface area contributed by atoms with Crippen molar-refractivity contribution in [3.8, 4) is 5.75 Å². The average Bonchev–Trinajstić information content (AvgIpc) is 2.52. The van der Waals surface area contributed by atoms with Crippen LogP contribution in [0.4, 0.5) is 0 Å². The van der Waals surface area contributed by atoms with E-state index in [1.165, 1.54) is 63.4 Å². The Kier molecular flexibility index (Phi) is 11.1. The van der Waals surface area contributed by atoms with Crippen LogP contribution in [0.15, 0.2) is 48.6 Å². The van der Waals surface area contributed by atoms with Crippen molar-refractivity contribution in [2.24, 2.45) is 0 Å². The summed E-state index contributed by atoms with van der Waals surface area (Å²) in [6.45, 7) is 2.10. The smallest absolute Gasteiger partial charge is 0.115 e. The maximum Gasteiger partial charge on any atom is 0.115 e. The van der Waals surface area contributed by atoms with Gasteiger partial charge in [0.05, 0.1) is 0 Å². The van der Waals surface area contributed by atoms with E-state index >= 15 is 0 Å². The largest absolute Gasteiger partial charge is 0.508 e. The van der Waals surface area contributed by atoms with Gasteiger partial charge in [-0.25, -0.2) is 0 Å². The third kappa shape index (κ3) is 10.3. The minimum absolute atomic E-state index is 0.358. The first-order valence-electron chi connectivity index (χ1n) is 8.87. The van der Waals surface area contributed by atoms with Gasteiger partial charge in [0.15, 0.2) is 0 Å². The molecule has 0 unspecified atom stereocenters. The fourth-order valence-corrected chi connectivity index (χ4v) is 2.60. The maximum absolute atomic E-state index is 9.39. The molecule has 0 heterocycles. The van der Waals surface area contributed by atoms with E-state index in [0.29, 0.717) is 5.75 Å². The highest BCUT2D eigenvalue weighted by Gasteiger charge is 1.92. The van der Waals surface area contributed by atoms with Gasteiger partial charge < -0.3 is 5.11 Å². The summed E-state index contributed by atoms with van der Waals surface area (Å²) in [5.41, 5.74) is 1.18. The molecule has 1 aromatic carbocycles. The van der Waals surface area contributed by atoms with E-state index in [1.807, 2.05) is 12.1 Å². The molecule has 0 aliphatic carbocycles. The zero-order valence-electron chi connectivity index (χ0n) is 14.1. The van der Waals surface area contributed by atoms with Crippen LogP contribution in [0.3, 0.4) is 0 Å². The van der Waals surface area contributed by atoms with Crippen molar-refractivity contribution in [1.82, 2.24) is 0 Å². The average molecular weight is 300 g/mol. The van der Waals surface area contributed by atoms with E-state index in [1.54, 1.807) is 6.07 Å². The highest BCUT2D eigenvalue weighted by Crippen LogP contribution is 2.12. The molecule has 0 fully saturated rings. The molecular formula is C21H32O. The first-order valence-corrected chi connectivity index (χ1v) is 8.87. The van der Waals surface area contributed by atoms with Crippen molar-refractivity contribution in [2.45, 2.75) is 71.1 Å². The molecule has 0 spiro atoms. The van der Waals surface area contributed by atoms with Crippen LogP contribution < -0.4 is 0 Å². The number of phenols is 1. The Bertz CT molecular complexity index is 431. The molecule has 0 amide bonds. The Balaban J connectivity index is 1.90. The zero-order valence-corrected chi connectivity index (χ0v) is 14.1. The van der Waals surface area contributed by atoms with Crippen LogP contribution in [0.5, 0.6) is 5.75 Å². The molecule has 0 aromatic heterocycles. The molecule has 0 aliphatic heterocycles. The number of hydrogen-bond acceptors (Lipinski definition) is 1. The molecule has 1 heteroatoms. The van der Waals surface area contributed by atoms with Crippen LogP contribution >= 0.6 is 0 Å². The minimum atomic E-state index is 0.358. The molecule has 1 rings (SSSR count). The van der Waals surface area contributed by atoms with Crippen LogP contribution in [0, 0.1) is 0 Å². The van der Waals surface area contributed by atoms with Gasteiger partial charge in [0.25, 0.3) is 0 Å². The van der Waals surface area contributed by atoms with Gasteiger partial charge in [0.2, 0.25) is 0 Å². The van der Waals surface area contributed by atoms with Crippen LogP contribution in [0.1, 0.15) is 70.3 Å². The Hall–Kier alpha value is -1.50. The van der Waals surface area contributed by atoms with E-state index in [2.05, 4.69) is 37.3 Å². The summed E-state index contributed by atoms with van der Waals surface area (Å²) >= 11 is 0. The van der Waals surface area contributed by atoms with E-state index < -0.39 is 0 Å². The number of phenolic OH excluding ortho intramolecular Hbond substituents is 1. The predicted molar refractivity (Wildman–Crippen MR) is 97.3 cm³/mol. The van der Waals surface area contributed by atoms with Crippen molar-refractivity contribution in [2.75, 3.05) is 0 Å². The van der Waals surface area contributed by atoms with Gasteiger partial charge in [-0.05, 0) is 56.7 Å². The molecule has 1 N–H and O–H groups in total. The second-order valence-corrected chi connectivity index (χ2v) is 5.97. The summed E-state index contributed by atoms with van der Waals surface area (Å²) < 4.78 is 0. The number of unbranched alkanes of at least 4 members (excludes halogenated alkanes) is 8. The molecule has 0 bridgehead atoms. The van der Waals surface area contributed by atoms with Crippen molar-refractivity contribution >= 4 is 0 Å². The van der Waals surface area contributed by atoms with Gasteiger partial charge in [-0.2, -0.15) is 0 Å². The zero-order chi connectivity index (χ0) is 15.9. The van der Waals surface area contributed by atoms with Crippen molar-refractivity contribution in [3.05, 3.63) is 54.1 Å². The van der Waals surface area contributed by atoms with Gasteiger partial charge in [0.1, 0.15) is 5.75 Å². The van der Waals surface area contributed by atoms with E-state index in [9.17, 15) is 5.11 Å². The lowest BCUT2D eigenvalue weighted by atomic mass is 10.1. The molecular weight excluding hydrogens is 268 g/mol. The van der Waals surface area contributed by atoms with Crippen molar-refractivity contribution in [3.63, 3.8) is 0 Å². The van der Waals surface area contributed by atoms with E-state index in [0.717, 1.165) is 6.42 Å². The Labute approximate surface area is 136 Å². The Morgan fingerprint density at radius 2 is 1.45 bits per heavy atom. The van der Waals surface area contributed by atoms with Crippen LogP contribution in [-0.4, -0.2) is 5.11 Å². The van der Waals surface area contributed by atoms with Crippen molar-refractivity contribution in [1.29, 1.82) is 0 Å². The molecule has 122 valence electrons. The van der Waals surface area contributed by atoms with Crippen LogP contribution in [-0.2, 0) is 6.42 Å². The molecule has 1 aromatic rings. The van der Waals surface area contributed by atoms with Gasteiger partial charge in [-0.15, -0.1) is 0 Å². The number of aromatic hydroxyl groups is 1. The third-order valence-corrected chi connectivity index (χ3v) is 3.91. The first kappa shape index (κ1) is 18.5. The summed E-state index contributed by atoms with van der Waals surface area (Å²) in [5, 5.41) is 9.39. The number of benzene rings is 1. The third-order valence-electron chi connectivity index (χ3n) is 3.91. The maximum atomic E-state index is 9.39. The molecule has 0 radical (unpaired) electrons. The molecule has 0 saturated heterocycles. The summed E-state index contributed by atoms with van der Waals surface area (Å²) in [4.78, 5) is 0.